The number of carbonyl (C=O) groups excluding carboxylic acids is 3. The molecule has 0 radical (unpaired) electrons. The van der Waals surface area contributed by atoms with Crippen LogP contribution in [0.15, 0.2) is 48.6 Å². The lowest BCUT2D eigenvalue weighted by Gasteiger charge is -2.23. The minimum Gasteiger partial charge on any atom is -0.317 e. The Morgan fingerprint density at radius 3 is 1.36 bits per heavy atom. The number of nitrogens with one attached hydrogen (secondary N) is 2. The zero-order valence-electron chi connectivity index (χ0n) is 45.3. The van der Waals surface area contributed by atoms with Crippen molar-refractivity contribution in [3.8, 4) is 0 Å². The second kappa shape index (κ2) is 46.3. The van der Waals surface area contributed by atoms with Gasteiger partial charge in [0.2, 0.25) is 11.8 Å². The topological polar surface area (TPSA) is 78.5 Å². The van der Waals surface area contributed by atoms with Gasteiger partial charge >= 0.3 is 0 Å². The highest BCUT2D eigenvalue weighted by atomic mass is 32.1. The molecule has 1 aromatic rings. The highest BCUT2D eigenvalue weighted by Crippen LogP contribution is 2.37. The molecule has 7 heteroatoms. The normalized spacial score (nSPS) is 12.9. The number of thiophene rings is 1. The Balaban J connectivity index is 1.88. The minimum atomic E-state index is -0.199. The number of imide groups is 1. The lowest BCUT2D eigenvalue weighted by atomic mass is 10.0. The molecule has 0 fully saturated rings. The van der Waals surface area contributed by atoms with E-state index in [0.717, 1.165) is 107 Å². The van der Waals surface area contributed by atoms with Crippen LogP contribution in [0.2, 0.25) is 0 Å². The molecule has 3 amide bonds. The summed E-state index contributed by atoms with van der Waals surface area (Å²) in [5, 5.41) is 7.29. The molecule has 0 unspecified atom stereocenters. The highest BCUT2D eigenvalue weighted by Gasteiger charge is 2.31. The molecular formula is C62H107N3O3S. The van der Waals surface area contributed by atoms with Crippen molar-refractivity contribution in [3.63, 3.8) is 0 Å². The van der Waals surface area contributed by atoms with Crippen molar-refractivity contribution in [2.24, 2.45) is 0 Å². The number of hydrogen-bond acceptors (Lipinski definition) is 5. The number of anilines is 1. The van der Waals surface area contributed by atoms with Gasteiger partial charge in [0.05, 0.1) is 5.56 Å². The zero-order valence-corrected chi connectivity index (χ0v) is 46.1. The van der Waals surface area contributed by atoms with Crippen LogP contribution in [0.5, 0.6) is 0 Å². The fourth-order valence-corrected chi connectivity index (χ4v) is 10.7. The highest BCUT2D eigenvalue weighted by molar-refractivity contribution is 7.17. The van der Waals surface area contributed by atoms with Gasteiger partial charge in [-0.25, -0.2) is 0 Å². The fourth-order valence-electron chi connectivity index (χ4n) is 9.45. The van der Waals surface area contributed by atoms with Gasteiger partial charge in [0.1, 0.15) is 5.00 Å². The largest absolute Gasteiger partial charge is 0.317 e. The Morgan fingerprint density at radius 2 is 0.884 bits per heavy atom. The van der Waals surface area contributed by atoms with E-state index in [1.54, 1.807) is 4.90 Å². The van der Waals surface area contributed by atoms with E-state index in [4.69, 9.17) is 0 Å². The van der Waals surface area contributed by atoms with Crippen molar-refractivity contribution in [1.29, 1.82) is 0 Å². The van der Waals surface area contributed by atoms with Gasteiger partial charge in [0, 0.05) is 30.8 Å². The van der Waals surface area contributed by atoms with Gasteiger partial charge in [-0.3, -0.25) is 19.3 Å². The predicted octanol–water partition coefficient (Wildman–Crippen LogP) is 19.2. The van der Waals surface area contributed by atoms with E-state index in [0.29, 0.717) is 36.5 Å². The number of fused-ring (bicyclic) bond motifs is 1. The maximum absolute atomic E-state index is 14.7. The summed E-state index contributed by atoms with van der Waals surface area (Å²) in [4.78, 5) is 44.9. The summed E-state index contributed by atoms with van der Waals surface area (Å²) in [5.74, 6) is -0.277. The standard InChI is InChI=1S/C62H107N3O3S/c1-4-7-10-13-16-19-22-25-28-31-34-37-40-43-46-49-54-65(59(67)51-48-45-42-39-36-33-30-27-24-21-18-15-12-9-6-3)62(68)60-56-52-53-63-55-57(56)69-61(60)64-58(66)50-47-44-41-38-35-32-29-26-23-20-17-14-11-8-5-2/h17-18,20-21,26-27,29-30,63H,4-16,19,22-25,28,31-55H2,1-3H3,(H,64,66)/b20-17-,21-18-,29-26-,30-27-. The molecule has 394 valence electrons. The van der Waals surface area contributed by atoms with E-state index >= 15 is 0 Å². The lowest BCUT2D eigenvalue weighted by molar-refractivity contribution is -0.128. The van der Waals surface area contributed by atoms with Crippen LogP contribution in [0.3, 0.4) is 0 Å². The zero-order chi connectivity index (χ0) is 49.5. The monoisotopic (exact) mass is 974 g/mol. The summed E-state index contributed by atoms with van der Waals surface area (Å²) in [7, 11) is 0. The van der Waals surface area contributed by atoms with Gasteiger partial charge in [-0.15, -0.1) is 11.3 Å². The molecule has 0 spiro atoms. The summed E-state index contributed by atoms with van der Waals surface area (Å²) >= 11 is 1.53. The van der Waals surface area contributed by atoms with Gasteiger partial charge in [0.15, 0.2) is 0 Å². The lowest BCUT2D eigenvalue weighted by Crippen LogP contribution is -2.38. The summed E-state index contributed by atoms with van der Waals surface area (Å²) in [6.07, 6.45) is 65.8. The third-order valence-electron chi connectivity index (χ3n) is 13.9. The third kappa shape index (κ3) is 33.5. The van der Waals surface area contributed by atoms with E-state index in [-0.39, 0.29) is 17.7 Å². The third-order valence-corrected chi connectivity index (χ3v) is 15.0. The van der Waals surface area contributed by atoms with E-state index < -0.39 is 0 Å². The van der Waals surface area contributed by atoms with Crippen LogP contribution in [-0.4, -0.2) is 35.7 Å². The predicted molar refractivity (Wildman–Crippen MR) is 303 cm³/mol. The number of allylic oxidation sites excluding steroid dienone is 8. The van der Waals surface area contributed by atoms with Crippen LogP contribution in [0, 0.1) is 0 Å². The van der Waals surface area contributed by atoms with Crippen molar-refractivity contribution < 1.29 is 14.4 Å². The Hall–Kier alpha value is -2.77. The maximum atomic E-state index is 14.7. The second-order valence-electron chi connectivity index (χ2n) is 20.3. The summed E-state index contributed by atoms with van der Waals surface area (Å²) in [6.45, 7) is 8.73. The van der Waals surface area contributed by atoms with Crippen LogP contribution >= 0.6 is 11.3 Å². The number of rotatable bonds is 47. The van der Waals surface area contributed by atoms with Crippen molar-refractivity contribution in [2.75, 3.05) is 18.4 Å². The first kappa shape index (κ1) is 62.3. The summed E-state index contributed by atoms with van der Waals surface area (Å²) < 4.78 is 0. The molecular weight excluding hydrogens is 867 g/mol. The molecule has 1 aliphatic heterocycles. The Kier molecular flexibility index (Phi) is 41.8. The van der Waals surface area contributed by atoms with Crippen molar-refractivity contribution >= 4 is 34.1 Å². The molecule has 1 aromatic heterocycles. The molecule has 0 aliphatic carbocycles. The van der Waals surface area contributed by atoms with Gasteiger partial charge in [-0.05, 0) is 102 Å². The molecule has 2 N–H and O–H groups in total. The van der Waals surface area contributed by atoms with Crippen LogP contribution in [-0.2, 0) is 22.6 Å². The molecule has 2 rings (SSSR count). The number of unbranched alkanes of at least 4 members (excludes halogenated alkanes) is 31. The smallest absolute Gasteiger partial charge is 0.263 e. The van der Waals surface area contributed by atoms with E-state index in [2.05, 4.69) is 80.0 Å². The molecule has 0 saturated carbocycles. The average Bonchev–Trinajstić information content (AvgIpc) is 3.72. The molecule has 6 nitrogen and oxygen atoms in total. The van der Waals surface area contributed by atoms with Gasteiger partial charge in [-0.2, -0.15) is 0 Å². The number of nitrogens with zero attached hydrogens (tertiary/aromatic N) is 1. The number of carbonyl (C=O) groups is 3. The maximum Gasteiger partial charge on any atom is 0.263 e. The number of amides is 3. The van der Waals surface area contributed by atoms with Crippen molar-refractivity contribution in [2.45, 2.75) is 291 Å². The molecule has 0 bridgehead atoms. The van der Waals surface area contributed by atoms with Crippen LogP contribution in [0.1, 0.15) is 298 Å². The first-order valence-corrected chi connectivity index (χ1v) is 30.4. The van der Waals surface area contributed by atoms with E-state index in [1.165, 1.54) is 172 Å². The summed E-state index contributed by atoms with van der Waals surface area (Å²) in [5.41, 5.74) is 1.60. The van der Waals surface area contributed by atoms with E-state index in [1.807, 2.05) is 0 Å². The Labute approximate surface area is 430 Å². The van der Waals surface area contributed by atoms with Gasteiger partial charge in [-0.1, -0.05) is 230 Å². The SMILES string of the molecule is CCCCC/C=C\C/C=C\CCCCCCCC(=O)Nc1sc2c(c1C(=O)N(CCCCCCCCCCCCCCCCCC)C(=O)CCCCCCC/C=C\C/C=C\CCCCC)CCNC2. The molecule has 69 heavy (non-hydrogen) atoms. The molecule has 0 saturated heterocycles. The average molecular weight is 975 g/mol. The van der Waals surface area contributed by atoms with Gasteiger partial charge in [0.25, 0.3) is 5.91 Å². The first-order chi connectivity index (χ1) is 34.0. The Bertz CT molecular complexity index is 1520. The first-order valence-electron chi connectivity index (χ1n) is 29.6. The molecule has 0 atom stereocenters. The molecule has 2 heterocycles. The van der Waals surface area contributed by atoms with Crippen LogP contribution < -0.4 is 10.6 Å². The van der Waals surface area contributed by atoms with Crippen molar-refractivity contribution in [1.82, 2.24) is 10.2 Å². The van der Waals surface area contributed by atoms with Crippen molar-refractivity contribution in [3.05, 3.63) is 64.6 Å². The quantitative estimate of drug-likeness (QED) is 0.0504. The minimum absolute atomic E-state index is 0.0258. The fraction of sp³-hybridized carbons (Fsp3) is 0.758. The molecule has 1 aliphatic rings. The second-order valence-corrected chi connectivity index (χ2v) is 21.4. The Morgan fingerprint density at radius 1 is 0.493 bits per heavy atom. The van der Waals surface area contributed by atoms with Crippen LogP contribution in [0.25, 0.3) is 0 Å². The van der Waals surface area contributed by atoms with Crippen LogP contribution in [0.4, 0.5) is 5.00 Å². The van der Waals surface area contributed by atoms with Gasteiger partial charge < -0.3 is 10.6 Å². The number of hydrogen-bond donors (Lipinski definition) is 2. The van der Waals surface area contributed by atoms with E-state index in [9.17, 15) is 14.4 Å². The molecule has 0 aromatic carbocycles. The summed E-state index contributed by atoms with van der Waals surface area (Å²) in [6, 6.07) is 0.